The van der Waals surface area contributed by atoms with Gasteiger partial charge in [0.2, 0.25) is 0 Å². The molecule has 0 aliphatic rings. The number of benzene rings is 3. The first-order chi connectivity index (χ1) is 14.0. The average Bonchev–Trinajstić information content (AvgIpc) is 3.11. The number of hydrogen-bond donors (Lipinski definition) is 3. The molecule has 0 unspecified atom stereocenters. The second-order valence-electron chi connectivity index (χ2n) is 6.52. The van der Waals surface area contributed by atoms with Gasteiger partial charge in [0.05, 0.1) is 16.4 Å². The SMILES string of the molecule is OC(O)c1[nH]c(-c2ccccc2)c(-c2cccc(Cl)c2F)c1-c1cccc(Cl)c1. The van der Waals surface area contributed by atoms with Crippen molar-refractivity contribution < 1.29 is 14.6 Å². The van der Waals surface area contributed by atoms with Gasteiger partial charge in [-0.15, -0.1) is 0 Å². The van der Waals surface area contributed by atoms with Crippen molar-refractivity contribution in [1.82, 2.24) is 4.98 Å². The van der Waals surface area contributed by atoms with E-state index in [1.807, 2.05) is 30.3 Å². The van der Waals surface area contributed by atoms with Crippen LogP contribution >= 0.6 is 23.2 Å². The Morgan fingerprint density at radius 2 is 1.48 bits per heavy atom. The lowest BCUT2D eigenvalue weighted by atomic mass is 9.92. The minimum Gasteiger partial charge on any atom is -0.363 e. The third kappa shape index (κ3) is 3.68. The molecule has 0 bridgehead atoms. The number of H-pyrrole nitrogens is 1. The number of aromatic nitrogens is 1. The van der Waals surface area contributed by atoms with Crippen molar-refractivity contribution in [3.05, 3.63) is 94.4 Å². The topological polar surface area (TPSA) is 56.2 Å². The molecular weight excluding hydrogens is 412 g/mol. The van der Waals surface area contributed by atoms with E-state index in [-0.39, 0.29) is 16.3 Å². The first-order valence-corrected chi connectivity index (χ1v) is 9.60. The summed E-state index contributed by atoms with van der Waals surface area (Å²) >= 11 is 12.2. The first kappa shape index (κ1) is 19.7. The monoisotopic (exact) mass is 427 g/mol. The van der Waals surface area contributed by atoms with Gasteiger partial charge < -0.3 is 15.2 Å². The molecule has 0 saturated heterocycles. The van der Waals surface area contributed by atoms with Gasteiger partial charge in [-0.05, 0) is 29.3 Å². The third-order valence-corrected chi connectivity index (χ3v) is 5.21. The maximum atomic E-state index is 15.1. The van der Waals surface area contributed by atoms with Gasteiger partial charge in [0, 0.05) is 21.7 Å². The van der Waals surface area contributed by atoms with E-state index in [1.54, 1.807) is 36.4 Å². The summed E-state index contributed by atoms with van der Waals surface area (Å²) in [5.41, 5.74) is 3.23. The predicted molar refractivity (Wildman–Crippen MR) is 114 cm³/mol. The Morgan fingerprint density at radius 1 is 0.793 bits per heavy atom. The number of rotatable bonds is 4. The van der Waals surface area contributed by atoms with Crippen LogP contribution < -0.4 is 0 Å². The van der Waals surface area contributed by atoms with Gasteiger partial charge in [-0.1, -0.05) is 77.8 Å². The molecule has 0 spiro atoms. The summed E-state index contributed by atoms with van der Waals surface area (Å²) in [4.78, 5) is 3.08. The molecule has 1 heterocycles. The van der Waals surface area contributed by atoms with Crippen molar-refractivity contribution in [2.24, 2.45) is 0 Å². The van der Waals surface area contributed by atoms with Gasteiger partial charge in [0.1, 0.15) is 5.82 Å². The minimum absolute atomic E-state index is 0.0224. The van der Waals surface area contributed by atoms with E-state index in [0.717, 1.165) is 5.56 Å². The molecule has 0 atom stereocenters. The molecular formula is C23H16Cl2FNO2. The normalized spacial score (nSPS) is 11.2. The maximum Gasteiger partial charge on any atom is 0.194 e. The molecule has 0 aliphatic carbocycles. The fourth-order valence-electron chi connectivity index (χ4n) is 3.44. The summed E-state index contributed by atoms with van der Waals surface area (Å²) < 4.78 is 15.1. The average molecular weight is 428 g/mol. The number of aliphatic hydroxyl groups is 2. The van der Waals surface area contributed by atoms with E-state index in [1.165, 1.54) is 6.07 Å². The van der Waals surface area contributed by atoms with Crippen molar-refractivity contribution in [3.63, 3.8) is 0 Å². The van der Waals surface area contributed by atoms with Gasteiger partial charge in [-0.3, -0.25) is 0 Å². The molecule has 1 aromatic heterocycles. The second kappa shape index (κ2) is 8.01. The molecule has 0 amide bonds. The Morgan fingerprint density at radius 3 is 2.17 bits per heavy atom. The lowest BCUT2D eigenvalue weighted by Gasteiger charge is -2.12. The maximum absolute atomic E-state index is 15.1. The van der Waals surface area contributed by atoms with Crippen LogP contribution in [0.1, 0.15) is 12.0 Å². The highest BCUT2D eigenvalue weighted by molar-refractivity contribution is 6.31. The van der Waals surface area contributed by atoms with Crippen molar-refractivity contribution >= 4 is 23.2 Å². The highest BCUT2D eigenvalue weighted by atomic mass is 35.5. The van der Waals surface area contributed by atoms with Gasteiger partial charge in [-0.25, -0.2) is 4.39 Å². The van der Waals surface area contributed by atoms with Gasteiger partial charge in [0.15, 0.2) is 6.29 Å². The van der Waals surface area contributed by atoms with E-state index in [4.69, 9.17) is 23.2 Å². The van der Waals surface area contributed by atoms with Gasteiger partial charge in [0.25, 0.3) is 0 Å². The third-order valence-electron chi connectivity index (χ3n) is 4.68. The summed E-state index contributed by atoms with van der Waals surface area (Å²) in [6.45, 7) is 0. The van der Waals surface area contributed by atoms with E-state index < -0.39 is 12.1 Å². The number of hydrogen-bond acceptors (Lipinski definition) is 2. The predicted octanol–water partition coefficient (Wildman–Crippen LogP) is 6.44. The van der Waals surface area contributed by atoms with Crippen molar-refractivity contribution in [2.75, 3.05) is 0 Å². The number of aliphatic hydroxyl groups excluding tert-OH is 1. The fourth-order valence-corrected chi connectivity index (χ4v) is 3.81. The van der Waals surface area contributed by atoms with Crippen LogP contribution in [0.5, 0.6) is 0 Å². The van der Waals surface area contributed by atoms with Crippen LogP contribution in [0.3, 0.4) is 0 Å². The van der Waals surface area contributed by atoms with Crippen LogP contribution in [0.25, 0.3) is 33.5 Å². The van der Waals surface area contributed by atoms with E-state index >= 15 is 4.39 Å². The first-order valence-electron chi connectivity index (χ1n) is 8.85. The smallest absolute Gasteiger partial charge is 0.194 e. The van der Waals surface area contributed by atoms with Gasteiger partial charge >= 0.3 is 0 Å². The zero-order valence-corrected chi connectivity index (χ0v) is 16.5. The Balaban J connectivity index is 2.13. The Kier molecular flexibility index (Phi) is 5.43. The van der Waals surface area contributed by atoms with Crippen LogP contribution in [-0.4, -0.2) is 15.2 Å². The Bertz CT molecular complexity index is 1170. The fraction of sp³-hybridized carbons (Fsp3) is 0.0435. The standard InChI is InChI=1S/C23H16Cl2FNO2/c24-15-9-4-8-14(12-15)18-19(16-10-5-11-17(25)20(16)26)21(27-22(18)23(28)29)13-6-2-1-3-7-13/h1-12,23,27-29H. The van der Waals surface area contributed by atoms with Crippen LogP contribution in [-0.2, 0) is 0 Å². The summed E-state index contributed by atoms with van der Waals surface area (Å²) in [6.07, 6.45) is -1.80. The molecule has 146 valence electrons. The quantitative estimate of drug-likeness (QED) is 0.328. The van der Waals surface area contributed by atoms with Crippen LogP contribution in [0, 0.1) is 5.82 Å². The molecule has 4 rings (SSSR count). The van der Waals surface area contributed by atoms with E-state index in [0.29, 0.717) is 27.4 Å². The summed E-state index contributed by atoms with van der Waals surface area (Å²) in [5, 5.41) is 20.6. The van der Waals surface area contributed by atoms with Crippen LogP contribution in [0.2, 0.25) is 10.0 Å². The summed E-state index contributed by atoms with van der Waals surface area (Å²) in [5.74, 6) is -0.590. The highest BCUT2D eigenvalue weighted by Crippen LogP contribution is 2.45. The lowest BCUT2D eigenvalue weighted by Crippen LogP contribution is -1.98. The number of aromatic amines is 1. The largest absolute Gasteiger partial charge is 0.363 e. The number of nitrogens with one attached hydrogen (secondary N) is 1. The Hall–Kier alpha value is -2.63. The zero-order chi connectivity index (χ0) is 20.5. The molecule has 0 radical (unpaired) electrons. The molecule has 0 aliphatic heterocycles. The van der Waals surface area contributed by atoms with Crippen LogP contribution in [0.4, 0.5) is 4.39 Å². The van der Waals surface area contributed by atoms with Crippen LogP contribution in [0.15, 0.2) is 72.8 Å². The minimum atomic E-state index is -1.80. The Labute approximate surface area is 177 Å². The molecule has 29 heavy (non-hydrogen) atoms. The van der Waals surface area contributed by atoms with Crippen molar-refractivity contribution in [2.45, 2.75) is 6.29 Å². The van der Waals surface area contributed by atoms with E-state index in [9.17, 15) is 10.2 Å². The van der Waals surface area contributed by atoms with Gasteiger partial charge in [-0.2, -0.15) is 0 Å². The van der Waals surface area contributed by atoms with E-state index in [2.05, 4.69) is 4.98 Å². The second-order valence-corrected chi connectivity index (χ2v) is 7.36. The summed E-state index contributed by atoms with van der Waals surface area (Å²) in [6, 6.07) is 20.9. The molecule has 3 nitrogen and oxygen atoms in total. The highest BCUT2D eigenvalue weighted by Gasteiger charge is 2.26. The molecule has 0 saturated carbocycles. The molecule has 3 aromatic carbocycles. The molecule has 6 heteroatoms. The number of halogens is 3. The lowest BCUT2D eigenvalue weighted by molar-refractivity contribution is -0.0449. The molecule has 3 N–H and O–H groups in total. The molecule has 0 fully saturated rings. The zero-order valence-electron chi connectivity index (χ0n) is 15.0. The van der Waals surface area contributed by atoms with Crippen molar-refractivity contribution in [3.8, 4) is 33.5 Å². The summed E-state index contributed by atoms with van der Waals surface area (Å²) in [7, 11) is 0. The molecule has 4 aromatic rings. The van der Waals surface area contributed by atoms with Crippen molar-refractivity contribution in [1.29, 1.82) is 0 Å².